The fraction of sp³-hybridized carbons (Fsp3) is 0.0392. The number of hydrogen-bond acceptors (Lipinski definition) is 2. The van der Waals surface area contributed by atoms with Gasteiger partial charge in [0.25, 0.3) is 0 Å². The van der Waals surface area contributed by atoms with Crippen LogP contribution in [0, 0.1) is 11.3 Å². The second-order valence-corrected chi connectivity index (χ2v) is 13.9. The first-order chi connectivity index (χ1) is 26.3. The maximum absolute atomic E-state index is 9.62. The number of rotatable bonds is 6. The van der Waals surface area contributed by atoms with E-state index in [0.717, 1.165) is 16.9 Å². The van der Waals surface area contributed by atoms with Crippen molar-refractivity contribution in [2.45, 2.75) is 11.8 Å². The van der Waals surface area contributed by atoms with E-state index in [1.807, 2.05) is 12.1 Å². The summed E-state index contributed by atoms with van der Waals surface area (Å²) in [5.74, 6) is 0.140. The average Bonchev–Trinajstić information content (AvgIpc) is 3.25. The third-order valence-corrected chi connectivity index (χ3v) is 11.1. The Morgan fingerprint density at radius 3 is 1.21 bits per heavy atom. The summed E-state index contributed by atoms with van der Waals surface area (Å²) in [7, 11) is 0. The monoisotopic (exact) mass is 674 g/mol. The molecule has 2 bridgehead atoms. The number of nitrogens with zero attached hydrogens (tertiary/aromatic N) is 2. The van der Waals surface area contributed by atoms with Crippen molar-refractivity contribution in [1.29, 1.82) is 5.26 Å². The summed E-state index contributed by atoms with van der Waals surface area (Å²) in [6.07, 6.45) is 0. The molecule has 0 aliphatic heterocycles. The molecule has 8 aromatic carbocycles. The Hall–Kier alpha value is -6.95. The summed E-state index contributed by atoms with van der Waals surface area (Å²) in [5.41, 5.74) is 19.4. The van der Waals surface area contributed by atoms with Crippen molar-refractivity contribution in [3.8, 4) is 39.4 Å². The van der Waals surface area contributed by atoms with Crippen LogP contribution in [0.2, 0.25) is 0 Å². The maximum atomic E-state index is 9.62. The molecule has 3 aliphatic rings. The molecule has 8 aromatic rings. The van der Waals surface area contributed by atoms with Crippen molar-refractivity contribution >= 4 is 17.1 Å². The minimum atomic E-state index is 0.0606. The van der Waals surface area contributed by atoms with Crippen molar-refractivity contribution in [1.82, 2.24) is 0 Å². The molecule has 53 heavy (non-hydrogen) atoms. The predicted octanol–water partition coefficient (Wildman–Crippen LogP) is 13.0. The minimum Gasteiger partial charge on any atom is -0.310 e. The van der Waals surface area contributed by atoms with E-state index < -0.39 is 0 Å². The highest BCUT2D eigenvalue weighted by molar-refractivity contribution is 5.89. The van der Waals surface area contributed by atoms with Crippen LogP contribution in [0.5, 0.6) is 0 Å². The largest absolute Gasteiger partial charge is 0.310 e. The molecule has 0 spiro atoms. The minimum absolute atomic E-state index is 0.0606. The van der Waals surface area contributed by atoms with Gasteiger partial charge in [0.15, 0.2) is 0 Å². The van der Waals surface area contributed by atoms with E-state index in [4.69, 9.17) is 0 Å². The van der Waals surface area contributed by atoms with Gasteiger partial charge in [0.1, 0.15) is 0 Å². The van der Waals surface area contributed by atoms with Gasteiger partial charge in [-0.1, -0.05) is 152 Å². The van der Waals surface area contributed by atoms with Gasteiger partial charge in [-0.2, -0.15) is 5.26 Å². The number of nitriles is 1. The zero-order valence-corrected chi connectivity index (χ0v) is 29.0. The molecule has 0 N–H and O–H groups in total. The van der Waals surface area contributed by atoms with E-state index >= 15 is 0 Å². The molecule has 0 saturated heterocycles. The molecule has 0 fully saturated rings. The molecule has 0 aromatic heterocycles. The lowest BCUT2D eigenvalue weighted by atomic mass is 9.59. The number of anilines is 3. The molecule has 0 amide bonds. The van der Waals surface area contributed by atoms with E-state index in [1.165, 1.54) is 66.9 Å². The second kappa shape index (κ2) is 12.7. The van der Waals surface area contributed by atoms with E-state index in [0.29, 0.717) is 5.56 Å². The summed E-state index contributed by atoms with van der Waals surface area (Å²) in [5, 5.41) is 9.62. The Kier molecular flexibility index (Phi) is 7.37. The fourth-order valence-electron chi connectivity index (χ4n) is 8.74. The van der Waals surface area contributed by atoms with Crippen LogP contribution in [0.4, 0.5) is 17.1 Å². The smallest absolute Gasteiger partial charge is 0.0991 e. The molecule has 0 saturated carbocycles. The van der Waals surface area contributed by atoms with E-state index in [-0.39, 0.29) is 11.8 Å². The van der Waals surface area contributed by atoms with Crippen molar-refractivity contribution < 1.29 is 0 Å². The van der Waals surface area contributed by atoms with Crippen LogP contribution in [0.15, 0.2) is 194 Å². The van der Waals surface area contributed by atoms with Gasteiger partial charge in [-0.25, -0.2) is 0 Å². The third kappa shape index (κ3) is 5.09. The zero-order valence-electron chi connectivity index (χ0n) is 29.0. The maximum Gasteiger partial charge on any atom is 0.0991 e. The van der Waals surface area contributed by atoms with Gasteiger partial charge >= 0.3 is 0 Å². The highest BCUT2D eigenvalue weighted by Crippen LogP contribution is 2.61. The average molecular weight is 675 g/mol. The molecular formula is C51H34N2. The highest BCUT2D eigenvalue weighted by Gasteiger charge is 2.44. The van der Waals surface area contributed by atoms with Crippen molar-refractivity contribution in [3.63, 3.8) is 0 Å². The van der Waals surface area contributed by atoms with Gasteiger partial charge in [0, 0.05) is 23.2 Å². The lowest BCUT2D eigenvalue weighted by Crippen LogP contribution is -2.30. The van der Waals surface area contributed by atoms with Gasteiger partial charge in [0.2, 0.25) is 0 Å². The molecule has 248 valence electrons. The first-order valence-corrected chi connectivity index (χ1v) is 18.2. The SMILES string of the molecule is N#Cc1ccc(-c2ccc(N(c3ccc(-c4ccccc4)cc3)c3ccc(-c4ccccc4)cc3)c3c2C2c4ccccc4C3c3ccccc32)cc1. The molecule has 0 heterocycles. The molecule has 0 unspecified atom stereocenters. The van der Waals surface area contributed by atoms with Crippen LogP contribution in [0.3, 0.4) is 0 Å². The molecule has 2 heteroatoms. The van der Waals surface area contributed by atoms with Gasteiger partial charge in [-0.3, -0.25) is 0 Å². The van der Waals surface area contributed by atoms with Crippen molar-refractivity contribution in [2.75, 3.05) is 4.90 Å². The Bertz CT molecular complexity index is 2520. The van der Waals surface area contributed by atoms with Crippen LogP contribution in [-0.4, -0.2) is 0 Å². The molecular weight excluding hydrogens is 641 g/mol. The lowest BCUT2D eigenvalue weighted by Gasteiger charge is -2.45. The topological polar surface area (TPSA) is 27.0 Å². The van der Waals surface area contributed by atoms with Gasteiger partial charge in [0.05, 0.1) is 17.3 Å². The summed E-state index contributed by atoms with van der Waals surface area (Å²) < 4.78 is 0. The standard InChI is InChI=1S/C51H34N2/c52-33-34-19-21-39(22-20-34)42-31-32-47(51-49-45-17-9-7-15-43(45)48(50(42)51)44-16-8-10-18-46(44)49)53(40-27-23-37(24-28-40)35-11-3-1-4-12-35)41-29-25-38(26-30-41)36-13-5-2-6-14-36/h1-32,48-49H. The Morgan fingerprint density at radius 1 is 0.358 bits per heavy atom. The molecule has 2 nitrogen and oxygen atoms in total. The quantitative estimate of drug-likeness (QED) is 0.176. The molecule has 3 aliphatic carbocycles. The Balaban J connectivity index is 1.23. The van der Waals surface area contributed by atoms with E-state index in [2.05, 4.69) is 193 Å². The summed E-state index contributed by atoms with van der Waals surface area (Å²) >= 11 is 0. The van der Waals surface area contributed by atoms with Gasteiger partial charge in [-0.15, -0.1) is 0 Å². The highest BCUT2D eigenvalue weighted by atomic mass is 15.1. The Labute approximate surface area is 310 Å². The number of benzene rings is 8. The summed E-state index contributed by atoms with van der Waals surface area (Å²) in [4.78, 5) is 2.46. The zero-order chi connectivity index (χ0) is 35.3. The van der Waals surface area contributed by atoms with Crippen LogP contribution < -0.4 is 4.90 Å². The predicted molar refractivity (Wildman–Crippen MR) is 217 cm³/mol. The number of hydrogen-bond donors (Lipinski definition) is 0. The Morgan fingerprint density at radius 2 is 0.755 bits per heavy atom. The van der Waals surface area contributed by atoms with Crippen LogP contribution in [-0.2, 0) is 0 Å². The van der Waals surface area contributed by atoms with Gasteiger partial charge < -0.3 is 4.90 Å². The fourth-order valence-corrected chi connectivity index (χ4v) is 8.74. The molecule has 11 rings (SSSR count). The first kappa shape index (κ1) is 30.8. The van der Waals surface area contributed by atoms with Gasteiger partial charge in [-0.05, 0) is 109 Å². The normalized spacial score (nSPS) is 14.8. The van der Waals surface area contributed by atoms with E-state index in [1.54, 1.807) is 0 Å². The summed E-state index contributed by atoms with van der Waals surface area (Å²) in [6.45, 7) is 0. The van der Waals surface area contributed by atoms with E-state index in [9.17, 15) is 5.26 Å². The molecule has 0 atom stereocenters. The molecule has 0 radical (unpaired) electrons. The third-order valence-electron chi connectivity index (χ3n) is 11.1. The van der Waals surface area contributed by atoms with Crippen molar-refractivity contribution in [3.05, 3.63) is 233 Å². The van der Waals surface area contributed by atoms with Crippen LogP contribution in [0.1, 0.15) is 50.8 Å². The first-order valence-electron chi connectivity index (χ1n) is 18.2. The van der Waals surface area contributed by atoms with Crippen LogP contribution >= 0.6 is 0 Å². The second-order valence-electron chi connectivity index (χ2n) is 13.9. The van der Waals surface area contributed by atoms with Crippen molar-refractivity contribution in [2.24, 2.45) is 0 Å². The van der Waals surface area contributed by atoms with Crippen LogP contribution in [0.25, 0.3) is 33.4 Å². The lowest BCUT2D eigenvalue weighted by molar-refractivity contribution is 0.755. The summed E-state index contributed by atoms with van der Waals surface area (Å²) in [6, 6.07) is 72.3.